The van der Waals surface area contributed by atoms with Crippen molar-refractivity contribution in [2.45, 2.75) is 62.9 Å². The standard InChI is InChI=1S/C20H27N3O/c1-16(19(24)22-18-9-5-6-10-18)23-13-11-20(15-21,12-14-23)17-7-3-2-4-8-17/h2-4,7-8,16,18H,5-6,9-14H2,1H3,(H,22,24)/t16-/m0/s1. The number of hydrogen-bond acceptors (Lipinski definition) is 3. The molecule has 1 aliphatic carbocycles. The molecule has 4 heteroatoms. The van der Waals surface area contributed by atoms with Crippen molar-refractivity contribution in [3.63, 3.8) is 0 Å². The Morgan fingerprint density at radius 1 is 1.25 bits per heavy atom. The fourth-order valence-electron chi connectivity index (χ4n) is 4.07. The lowest BCUT2D eigenvalue weighted by molar-refractivity contribution is -0.127. The number of carbonyl (C=O) groups is 1. The zero-order valence-corrected chi connectivity index (χ0v) is 14.5. The Kier molecular flexibility index (Phi) is 5.20. The van der Waals surface area contributed by atoms with Crippen LogP contribution in [-0.2, 0) is 10.2 Å². The molecule has 3 rings (SSSR count). The fourth-order valence-corrected chi connectivity index (χ4v) is 4.07. The van der Waals surface area contributed by atoms with Crippen molar-refractivity contribution in [3.8, 4) is 6.07 Å². The van der Waals surface area contributed by atoms with E-state index in [2.05, 4.69) is 28.4 Å². The summed E-state index contributed by atoms with van der Waals surface area (Å²) in [5.41, 5.74) is 0.703. The molecule has 0 aromatic heterocycles. The van der Waals surface area contributed by atoms with Crippen molar-refractivity contribution in [2.75, 3.05) is 13.1 Å². The highest BCUT2D eigenvalue weighted by Crippen LogP contribution is 2.35. The minimum Gasteiger partial charge on any atom is -0.352 e. The zero-order valence-electron chi connectivity index (χ0n) is 14.5. The van der Waals surface area contributed by atoms with Gasteiger partial charge in [-0.3, -0.25) is 9.69 Å². The molecule has 0 bridgehead atoms. The summed E-state index contributed by atoms with van der Waals surface area (Å²) in [6, 6.07) is 12.9. The molecule has 1 aromatic carbocycles. The van der Waals surface area contributed by atoms with Crippen molar-refractivity contribution in [2.24, 2.45) is 0 Å². The van der Waals surface area contributed by atoms with Crippen LogP contribution in [0, 0.1) is 11.3 Å². The molecule has 1 N–H and O–H groups in total. The molecule has 1 saturated heterocycles. The number of nitrogens with one attached hydrogen (secondary N) is 1. The summed E-state index contributed by atoms with van der Waals surface area (Å²) in [6.07, 6.45) is 6.26. The lowest BCUT2D eigenvalue weighted by Gasteiger charge is -2.40. The van der Waals surface area contributed by atoms with Crippen LogP contribution in [0.5, 0.6) is 0 Å². The van der Waals surface area contributed by atoms with Crippen LogP contribution in [0.2, 0.25) is 0 Å². The first kappa shape index (κ1) is 17.0. The number of rotatable bonds is 4. The van der Waals surface area contributed by atoms with E-state index in [1.165, 1.54) is 12.8 Å². The maximum Gasteiger partial charge on any atom is 0.237 e. The Morgan fingerprint density at radius 3 is 2.46 bits per heavy atom. The third-order valence-corrected chi connectivity index (χ3v) is 5.82. The van der Waals surface area contributed by atoms with Gasteiger partial charge in [-0.25, -0.2) is 0 Å². The molecule has 128 valence electrons. The lowest BCUT2D eigenvalue weighted by atomic mass is 9.74. The van der Waals surface area contributed by atoms with Crippen molar-refractivity contribution in [1.29, 1.82) is 5.26 Å². The third kappa shape index (κ3) is 3.47. The number of hydrogen-bond donors (Lipinski definition) is 1. The maximum absolute atomic E-state index is 12.5. The van der Waals surface area contributed by atoms with Gasteiger partial charge in [-0.1, -0.05) is 43.2 Å². The molecule has 1 amide bonds. The minimum absolute atomic E-state index is 0.113. The van der Waals surface area contributed by atoms with E-state index >= 15 is 0 Å². The van der Waals surface area contributed by atoms with Crippen LogP contribution in [0.1, 0.15) is 51.0 Å². The molecule has 24 heavy (non-hydrogen) atoms. The number of nitrogens with zero attached hydrogens (tertiary/aromatic N) is 2. The molecule has 1 aromatic rings. The average Bonchev–Trinajstić information content (AvgIpc) is 3.15. The van der Waals surface area contributed by atoms with Gasteiger partial charge in [0.05, 0.1) is 17.5 Å². The SMILES string of the molecule is C[C@@H](C(=O)NC1CCCC1)N1CCC(C#N)(c2ccccc2)CC1. The Morgan fingerprint density at radius 2 is 1.88 bits per heavy atom. The molecule has 1 atom stereocenters. The van der Waals surface area contributed by atoms with E-state index in [0.717, 1.165) is 44.3 Å². The summed E-state index contributed by atoms with van der Waals surface area (Å²) in [6.45, 7) is 3.58. The molecule has 2 fully saturated rings. The minimum atomic E-state index is -0.403. The van der Waals surface area contributed by atoms with E-state index in [1.807, 2.05) is 25.1 Å². The van der Waals surface area contributed by atoms with Gasteiger partial charge in [0.25, 0.3) is 0 Å². The van der Waals surface area contributed by atoms with Gasteiger partial charge in [-0.05, 0) is 38.2 Å². The maximum atomic E-state index is 12.5. The van der Waals surface area contributed by atoms with Crippen LogP contribution in [0.15, 0.2) is 30.3 Å². The first-order valence-electron chi connectivity index (χ1n) is 9.16. The van der Waals surface area contributed by atoms with E-state index in [0.29, 0.717) is 6.04 Å². The van der Waals surface area contributed by atoms with E-state index in [9.17, 15) is 10.1 Å². The number of likely N-dealkylation sites (tertiary alicyclic amines) is 1. The Balaban J connectivity index is 1.59. The summed E-state index contributed by atoms with van der Waals surface area (Å²) in [5.74, 6) is 0.145. The van der Waals surface area contributed by atoms with Gasteiger partial charge in [-0.15, -0.1) is 0 Å². The van der Waals surface area contributed by atoms with Gasteiger partial charge in [0, 0.05) is 19.1 Å². The van der Waals surface area contributed by atoms with Crippen LogP contribution in [0.25, 0.3) is 0 Å². The second kappa shape index (κ2) is 7.36. The van der Waals surface area contributed by atoms with Gasteiger partial charge < -0.3 is 5.32 Å². The van der Waals surface area contributed by atoms with Crippen LogP contribution in [0.4, 0.5) is 0 Å². The van der Waals surface area contributed by atoms with Gasteiger partial charge in [-0.2, -0.15) is 5.26 Å². The normalized spacial score (nSPS) is 22.7. The fraction of sp³-hybridized carbons (Fsp3) is 0.600. The van der Waals surface area contributed by atoms with E-state index in [4.69, 9.17) is 0 Å². The summed E-state index contributed by atoms with van der Waals surface area (Å²) in [7, 11) is 0. The van der Waals surface area contributed by atoms with E-state index in [-0.39, 0.29) is 11.9 Å². The lowest BCUT2D eigenvalue weighted by Crippen LogP contribution is -2.52. The van der Waals surface area contributed by atoms with Crippen molar-refractivity contribution < 1.29 is 4.79 Å². The molecular weight excluding hydrogens is 298 g/mol. The molecule has 1 aliphatic heterocycles. The quantitative estimate of drug-likeness (QED) is 0.926. The molecule has 2 aliphatic rings. The molecular formula is C20H27N3O. The van der Waals surface area contributed by atoms with Crippen molar-refractivity contribution in [1.82, 2.24) is 10.2 Å². The highest BCUT2D eigenvalue weighted by Gasteiger charge is 2.38. The van der Waals surface area contributed by atoms with Crippen LogP contribution in [-0.4, -0.2) is 36.0 Å². The van der Waals surface area contributed by atoms with Crippen LogP contribution < -0.4 is 5.32 Å². The smallest absolute Gasteiger partial charge is 0.237 e. The average molecular weight is 325 g/mol. The molecule has 4 nitrogen and oxygen atoms in total. The number of amides is 1. The predicted octanol–water partition coefficient (Wildman–Crippen LogP) is 2.99. The molecule has 0 spiro atoms. The summed E-state index contributed by atoms with van der Waals surface area (Å²) < 4.78 is 0. The van der Waals surface area contributed by atoms with Gasteiger partial charge >= 0.3 is 0 Å². The number of nitriles is 1. The zero-order chi connectivity index (χ0) is 17.0. The molecule has 0 radical (unpaired) electrons. The first-order valence-corrected chi connectivity index (χ1v) is 9.16. The van der Waals surface area contributed by atoms with E-state index < -0.39 is 5.41 Å². The monoisotopic (exact) mass is 325 g/mol. The highest BCUT2D eigenvalue weighted by molar-refractivity contribution is 5.81. The van der Waals surface area contributed by atoms with Gasteiger partial charge in [0.1, 0.15) is 0 Å². The van der Waals surface area contributed by atoms with Crippen molar-refractivity contribution >= 4 is 5.91 Å². The second-order valence-electron chi connectivity index (χ2n) is 7.26. The highest BCUT2D eigenvalue weighted by atomic mass is 16.2. The van der Waals surface area contributed by atoms with Crippen molar-refractivity contribution in [3.05, 3.63) is 35.9 Å². The molecule has 1 heterocycles. The van der Waals surface area contributed by atoms with Crippen LogP contribution in [0.3, 0.4) is 0 Å². The third-order valence-electron chi connectivity index (χ3n) is 5.82. The van der Waals surface area contributed by atoms with E-state index in [1.54, 1.807) is 0 Å². The van der Waals surface area contributed by atoms with Crippen LogP contribution >= 0.6 is 0 Å². The Hall–Kier alpha value is -1.86. The second-order valence-corrected chi connectivity index (χ2v) is 7.26. The molecule has 1 saturated carbocycles. The topological polar surface area (TPSA) is 56.1 Å². The van der Waals surface area contributed by atoms with Gasteiger partial charge in [0.2, 0.25) is 5.91 Å². The largest absolute Gasteiger partial charge is 0.352 e. The summed E-state index contributed by atoms with van der Waals surface area (Å²) >= 11 is 0. The predicted molar refractivity (Wildman–Crippen MR) is 94.4 cm³/mol. The molecule has 0 unspecified atom stereocenters. The summed E-state index contributed by atoms with van der Waals surface area (Å²) in [5, 5.41) is 13.0. The first-order chi connectivity index (χ1) is 11.6. The Bertz CT molecular complexity index is 593. The number of carbonyl (C=O) groups excluding carboxylic acids is 1. The summed E-state index contributed by atoms with van der Waals surface area (Å²) in [4.78, 5) is 14.7. The Labute approximate surface area is 144 Å². The number of piperidine rings is 1. The van der Waals surface area contributed by atoms with Gasteiger partial charge in [0.15, 0.2) is 0 Å². The number of benzene rings is 1.